The predicted molar refractivity (Wildman–Crippen MR) is 137 cm³/mol. The third-order valence-corrected chi connectivity index (χ3v) is 5.95. The van der Waals surface area contributed by atoms with E-state index in [0.717, 1.165) is 35.3 Å². The molecule has 35 heavy (non-hydrogen) atoms. The van der Waals surface area contributed by atoms with Crippen LogP contribution in [0.1, 0.15) is 42.5 Å². The molecule has 4 rings (SSSR count). The lowest BCUT2D eigenvalue weighted by Crippen LogP contribution is -2.30. The Morgan fingerprint density at radius 2 is 1.63 bits per heavy atom. The number of nitrogens with zero attached hydrogens (tertiary/aromatic N) is 1. The number of ketones is 1. The lowest BCUT2D eigenvalue weighted by atomic mass is 9.95. The van der Waals surface area contributed by atoms with E-state index in [9.17, 15) is 14.7 Å². The van der Waals surface area contributed by atoms with Gasteiger partial charge in [-0.3, -0.25) is 9.59 Å². The zero-order chi connectivity index (χ0) is 24.6. The minimum Gasteiger partial charge on any atom is -0.503 e. The minimum atomic E-state index is -0.708. The molecule has 5 heteroatoms. The summed E-state index contributed by atoms with van der Waals surface area (Å²) in [5, 5.41) is 10.8. The molecule has 5 nitrogen and oxygen atoms in total. The molecule has 0 saturated heterocycles. The first-order chi connectivity index (χ1) is 17.1. The molecule has 0 aliphatic carbocycles. The molecule has 1 aliphatic rings. The summed E-state index contributed by atoms with van der Waals surface area (Å²) in [5.41, 5.74) is 2.58. The van der Waals surface area contributed by atoms with Gasteiger partial charge < -0.3 is 14.7 Å². The fourth-order valence-electron chi connectivity index (χ4n) is 4.10. The van der Waals surface area contributed by atoms with Crippen molar-refractivity contribution in [2.24, 2.45) is 0 Å². The highest BCUT2D eigenvalue weighted by atomic mass is 16.5. The van der Waals surface area contributed by atoms with Gasteiger partial charge in [0.05, 0.1) is 18.2 Å². The van der Waals surface area contributed by atoms with Gasteiger partial charge in [0, 0.05) is 6.54 Å². The number of ether oxygens (including phenoxy) is 1. The molecule has 1 atom stereocenters. The number of rotatable bonds is 10. The van der Waals surface area contributed by atoms with Crippen LogP contribution in [0.25, 0.3) is 6.08 Å². The molecule has 178 valence electrons. The van der Waals surface area contributed by atoms with Crippen LogP contribution >= 0.6 is 0 Å². The van der Waals surface area contributed by atoms with Crippen LogP contribution in [0.15, 0.2) is 102 Å². The van der Waals surface area contributed by atoms with Crippen molar-refractivity contribution >= 4 is 17.8 Å². The van der Waals surface area contributed by atoms with Crippen LogP contribution in [0.3, 0.4) is 0 Å². The fourth-order valence-corrected chi connectivity index (χ4v) is 4.10. The maximum absolute atomic E-state index is 13.3. The van der Waals surface area contributed by atoms with Gasteiger partial charge in [-0.1, -0.05) is 92.2 Å². The second-order valence-electron chi connectivity index (χ2n) is 8.46. The van der Waals surface area contributed by atoms with Gasteiger partial charge in [0.2, 0.25) is 0 Å². The molecule has 1 amide bonds. The number of allylic oxidation sites excluding steroid dienone is 1. The SMILES string of the molecule is CCCCOc1ccc(C2C(C(=O)/C=C/c3ccccc3)=C(O)C(=O)N2Cc2ccccc2)cc1. The smallest absolute Gasteiger partial charge is 0.290 e. The summed E-state index contributed by atoms with van der Waals surface area (Å²) in [6.45, 7) is 3.00. The van der Waals surface area contributed by atoms with Crippen LogP contribution in [0.4, 0.5) is 0 Å². The summed E-state index contributed by atoms with van der Waals surface area (Å²) in [6.07, 6.45) is 5.11. The average Bonchev–Trinajstić information content (AvgIpc) is 3.14. The Morgan fingerprint density at radius 3 is 2.29 bits per heavy atom. The van der Waals surface area contributed by atoms with Crippen LogP contribution in [0.2, 0.25) is 0 Å². The molecule has 3 aromatic carbocycles. The molecule has 1 unspecified atom stereocenters. The molecule has 0 saturated carbocycles. The Balaban J connectivity index is 1.66. The van der Waals surface area contributed by atoms with Gasteiger partial charge in [-0.05, 0) is 41.3 Å². The van der Waals surface area contributed by atoms with Crippen molar-refractivity contribution in [3.8, 4) is 5.75 Å². The van der Waals surface area contributed by atoms with Crippen molar-refractivity contribution in [3.05, 3.63) is 119 Å². The van der Waals surface area contributed by atoms with Crippen molar-refractivity contribution in [2.45, 2.75) is 32.4 Å². The summed E-state index contributed by atoms with van der Waals surface area (Å²) in [4.78, 5) is 28.0. The standard InChI is InChI=1S/C30H29NO4/c1-2-3-20-35-25-17-15-24(16-18-25)28-27(26(32)19-14-22-10-6-4-7-11-22)29(33)30(34)31(28)21-23-12-8-5-9-13-23/h4-19,28,33H,2-3,20-21H2,1H3/b19-14+. The zero-order valence-corrected chi connectivity index (χ0v) is 19.8. The van der Waals surface area contributed by atoms with Crippen LogP contribution in [-0.2, 0) is 16.1 Å². The van der Waals surface area contributed by atoms with Gasteiger partial charge in [0.15, 0.2) is 11.5 Å². The highest BCUT2D eigenvalue weighted by Gasteiger charge is 2.42. The monoisotopic (exact) mass is 467 g/mol. The van der Waals surface area contributed by atoms with E-state index in [4.69, 9.17) is 4.74 Å². The number of hydrogen-bond acceptors (Lipinski definition) is 4. The normalized spacial score (nSPS) is 15.7. The highest BCUT2D eigenvalue weighted by Crippen LogP contribution is 2.39. The first kappa shape index (κ1) is 24.0. The number of aliphatic hydroxyl groups is 1. The molecule has 3 aromatic rings. The number of unbranched alkanes of at least 4 members (excludes halogenated alkanes) is 1. The first-order valence-electron chi connectivity index (χ1n) is 11.9. The van der Waals surface area contributed by atoms with E-state index in [2.05, 4.69) is 6.92 Å². The van der Waals surface area contributed by atoms with E-state index >= 15 is 0 Å². The Hall–Kier alpha value is -4.12. The predicted octanol–water partition coefficient (Wildman–Crippen LogP) is 6.04. The third-order valence-electron chi connectivity index (χ3n) is 5.95. The Bertz CT molecular complexity index is 1210. The Labute approximate surface area is 206 Å². The molecular weight excluding hydrogens is 438 g/mol. The van der Waals surface area contributed by atoms with Crippen molar-refractivity contribution in [1.82, 2.24) is 4.90 Å². The Morgan fingerprint density at radius 1 is 0.971 bits per heavy atom. The first-order valence-corrected chi connectivity index (χ1v) is 11.9. The van der Waals surface area contributed by atoms with Gasteiger partial charge in [0.1, 0.15) is 5.75 Å². The molecule has 1 N–H and O–H groups in total. The van der Waals surface area contributed by atoms with Crippen LogP contribution in [-0.4, -0.2) is 28.3 Å². The van der Waals surface area contributed by atoms with E-state index < -0.39 is 23.5 Å². The van der Waals surface area contributed by atoms with E-state index in [0.29, 0.717) is 6.61 Å². The lowest BCUT2D eigenvalue weighted by molar-refractivity contribution is -0.130. The molecular formula is C30H29NO4. The van der Waals surface area contributed by atoms with Crippen molar-refractivity contribution in [1.29, 1.82) is 0 Å². The molecule has 1 aliphatic heterocycles. The van der Waals surface area contributed by atoms with E-state index in [1.54, 1.807) is 11.0 Å². The summed E-state index contributed by atoms with van der Waals surface area (Å²) in [6, 6.07) is 25.6. The molecule has 1 heterocycles. The number of benzene rings is 3. The van der Waals surface area contributed by atoms with Crippen molar-refractivity contribution in [3.63, 3.8) is 0 Å². The second-order valence-corrected chi connectivity index (χ2v) is 8.46. The van der Waals surface area contributed by atoms with E-state index in [1.165, 1.54) is 6.08 Å². The molecule has 0 aromatic heterocycles. The quantitative estimate of drug-likeness (QED) is 0.291. The second kappa shape index (κ2) is 11.3. The van der Waals surface area contributed by atoms with Gasteiger partial charge in [0.25, 0.3) is 5.91 Å². The fraction of sp³-hybridized carbons (Fsp3) is 0.200. The van der Waals surface area contributed by atoms with Crippen molar-refractivity contribution in [2.75, 3.05) is 6.61 Å². The van der Waals surface area contributed by atoms with Gasteiger partial charge in [-0.2, -0.15) is 0 Å². The maximum atomic E-state index is 13.3. The van der Waals surface area contributed by atoms with Crippen LogP contribution < -0.4 is 4.74 Å². The average molecular weight is 468 g/mol. The summed E-state index contributed by atoms with van der Waals surface area (Å²) < 4.78 is 5.77. The minimum absolute atomic E-state index is 0.0813. The molecule has 0 bridgehead atoms. The van der Waals surface area contributed by atoms with Gasteiger partial charge in [-0.15, -0.1) is 0 Å². The maximum Gasteiger partial charge on any atom is 0.290 e. The van der Waals surface area contributed by atoms with Crippen molar-refractivity contribution < 1.29 is 19.4 Å². The van der Waals surface area contributed by atoms with Gasteiger partial charge >= 0.3 is 0 Å². The molecule has 0 spiro atoms. The highest BCUT2D eigenvalue weighted by molar-refractivity contribution is 6.14. The lowest BCUT2D eigenvalue weighted by Gasteiger charge is -2.27. The Kier molecular flexibility index (Phi) is 7.78. The van der Waals surface area contributed by atoms with Crippen LogP contribution in [0, 0.1) is 0 Å². The largest absolute Gasteiger partial charge is 0.503 e. The number of carbonyl (C=O) groups excluding carboxylic acids is 2. The summed E-state index contributed by atoms with van der Waals surface area (Å²) in [7, 11) is 0. The summed E-state index contributed by atoms with van der Waals surface area (Å²) in [5.74, 6) is -0.731. The zero-order valence-electron chi connectivity index (χ0n) is 19.8. The summed E-state index contributed by atoms with van der Waals surface area (Å²) >= 11 is 0. The van der Waals surface area contributed by atoms with Crippen LogP contribution in [0.5, 0.6) is 5.75 Å². The van der Waals surface area contributed by atoms with Gasteiger partial charge in [-0.25, -0.2) is 0 Å². The molecule has 0 fully saturated rings. The molecule has 0 radical (unpaired) electrons. The van der Waals surface area contributed by atoms with E-state index in [-0.39, 0.29) is 12.1 Å². The number of hydrogen-bond donors (Lipinski definition) is 1. The third kappa shape index (κ3) is 5.69. The number of aliphatic hydroxyl groups excluding tert-OH is 1. The van der Waals surface area contributed by atoms with E-state index in [1.807, 2.05) is 84.9 Å². The number of carbonyl (C=O) groups is 2. The topological polar surface area (TPSA) is 66.8 Å². The number of amides is 1.